The quantitative estimate of drug-likeness (QED) is 0.155. The molecule has 0 bridgehead atoms. The molecule has 50 heavy (non-hydrogen) atoms. The van der Waals surface area contributed by atoms with Crippen molar-refractivity contribution < 1.29 is 27.9 Å². The Hall–Kier alpha value is -5.98. The van der Waals surface area contributed by atoms with Gasteiger partial charge in [0.05, 0.1) is 17.2 Å². The minimum absolute atomic E-state index is 0.0201. The van der Waals surface area contributed by atoms with Crippen LogP contribution in [0.2, 0.25) is 0 Å². The number of carbonyl (C=O) groups excluding carboxylic acids is 3. The number of hydrogen-bond acceptors (Lipinski definition) is 9. The maximum atomic E-state index is 13.9. The fourth-order valence-corrected chi connectivity index (χ4v) is 5.22. The number of hydrogen-bond donors (Lipinski definition) is 2. The molecule has 13 heteroatoms. The second kappa shape index (κ2) is 15.1. The Labute approximate surface area is 287 Å². The van der Waals surface area contributed by atoms with Gasteiger partial charge in [-0.15, -0.1) is 10.2 Å². The normalized spacial score (nSPS) is 12.0. The van der Waals surface area contributed by atoms with Crippen LogP contribution in [-0.4, -0.2) is 43.6 Å². The lowest BCUT2D eigenvalue weighted by Crippen LogP contribution is -2.47. The molecule has 0 aliphatic carbocycles. The van der Waals surface area contributed by atoms with Crippen LogP contribution in [0.4, 0.5) is 14.9 Å². The highest BCUT2D eigenvalue weighted by Gasteiger charge is 2.34. The average Bonchev–Trinajstić information content (AvgIpc) is 3.62. The highest BCUT2D eigenvalue weighted by Crippen LogP contribution is 2.31. The number of aryl methyl sites for hydroxylation is 1. The monoisotopic (exact) mass is 680 g/mol. The van der Waals surface area contributed by atoms with Gasteiger partial charge in [0.1, 0.15) is 30.5 Å². The van der Waals surface area contributed by atoms with Crippen LogP contribution in [0.15, 0.2) is 94.1 Å². The van der Waals surface area contributed by atoms with Crippen LogP contribution in [0.25, 0.3) is 11.4 Å². The number of nitrogens with zero attached hydrogens (tertiary/aromatic N) is 4. The van der Waals surface area contributed by atoms with E-state index in [2.05, 4.69) is 25.8 Å². The lowest BCUT2D eigenvalue weighted by atomic mass is 9.84. The highest BCUT2D eigenvalue weighted by atomic mass is 19.1. The van der Waals surface area contributed by atoms with Crippen molar-refractivity contribution in [1.29, 1.82) is 0 Å². The van der Waals surface area contributed by atoms with Gasteiger partial charge >= 0.3 is 6.09 Å². The number of aromatic nitrogens is 4. The number of ether oxygens (including phenoxy) is 1. The van der Waals surface area contributed by atoms with Crippen molar-refractivity contribution >= 4 is 23.5 Å². The van der Waals surface area contributed by atoms with Gasteiger partial charge in [-0.3, -0.25) is 24.3 Å². The number of ketones is 1. The molecule has 12 nitrogen and oxygen atoms in total. The number of amides is 2. The zero-order valence-corrected chi connectivity index (χ0v) is 28.3. The van der Waals surface area contributed by atoms with Gasteiger partial charge in [0.2, 0.25) is 17.6 Å². The minimum atomic E-state index is -1.09. The molecule has 2 amide bonds. The molecular weight excluding hydrogens is 643 g/mol. The molecule has 0 saturated carbocycles. The zero-order valence-electron chi connectivity index (χ0n) is 28.3. The van der Waals surface area contributed by atoms with Gasteiger partial charge in [-0.25, -0.2) is 14.2 Å². The Morgan fingerprint density at radius 3 is 2.22 bits per heavy atom. The fourth-order valence-electron chi connectivity index (χ4n) is 5.22. The topological polar surface area (TPSA) is 158 Å². The van der Waals surface area contributed by atoms with Crippen molar-refractivity contribution in [2.45, 2.75) is 59.2 Å². The van der Waals surface area contributed by atoms with E-state index in [-0.39, 0.29) is 35.6 Å². The lowest BCUT2D eigenvalue weighted by Gasteiger charge is -2.22. The molecule has 0 saturated heterocycles. The Morgan fingerprint density at radius 2 is 1.58 bits per heavy atom. The summed E-state index contributed by atoms with van der Waals surface area (Å²) in [6.07, 6.45) is -0.869. The smallest absolute Gasteiger partial charge is 0.412 e. The molecule has 0 unspecified atom stereocenters. The van der Waals surface area contributed by atoms with Crippen molar-refractivity contribution in [2.24, 2.45) is 5.92 Å². The van der Waals surface area contributed by atoms with Crippen LogP contribution >= 0.6 is 0 Å². The molecule has 0 radical (unpaired) electrons. The van der Waals surface area contributed by atoms with Gasteiger partial charge in [0, 0.05) is 5.56 Å². The molecule has 1 atom stereocenters. The number of anilines is 1. The van der Waals surface area contributed by atoms with Crippen molar-refractivity contribution in [3.8, 4) is 11.4 Å². The average molecular weight is 681 g/mol. The van der Waals surface area contributed by atoms with Crippen molar-refractivity contribution in [2.75, 3.05) is 5.32 Å². The highest BCUT2D eigenvalue weighted by molar-refractivity contribution is 5.98. The van der Waals surface area contributed by atoms with E-state index in [1.54, 1.807) is 89.2 Å². The van der Waals surface area contributed by atoms with Crippen molar-refractivity contribution in [1.82, 2.24) is 25.1 Å². The van der Waals surface area contributed by atoms with Crippen LogP contribution in [0.5, 0.6) is 0 Å². The molecule has 2 aromatic heterocycles. The van der Waals surface area contributed by atoms with Gasteiger partial charge in [0.25, 0.3) is 11.4 Å². The standard InChI is InChI=1S/C37H37FN6O6/c1-22(2)29(31(46)33-42-43-35(50-33)37(4,5)26-16-18-27(38)19-17-26)40-28(45)20-44-32(25-14-10-7-11-15-25)39-23(3)30(34(44)47)41-36(48)49-21-24-12-8-6-9-13-24/h6-19,22,29H,20-21H2,1-5H3,(H,40,45)(H,41,48)/t29-/m0/s1. The summed E-state index contributed by atoms with van der Waals surface area (Å²) in [6.45, 7) is 8.08. The van der Waals surface area contributed by atoms with Crippen LogP contribution in [0.3, 0.4) is 0 Å². The van der Waals surface area contributed by atoms with Gasteiger partial charge in [0.15, 0.2) is 0 Å². The lowest BCUT2D eigenvalue weighted by molar-refractivity contribution is -0.122. The summed E-state index contributed by atoms with van der Waals surface area (Å²) in [5, 5.41) is 13.2. The van der Waals surface area contributed by atoms with Crippen molar-refractivity contribution in [3.63, 3.8) is 0 Å². The molecule has 2 heterocycles. The van der Waals surface area contributed by atoms with E-state index >= 15 is 0 Å². The van der Waals surface area contributed by atoms with Gasteiger partial charge in [-0.05, 0) is 49.9 Å². The number of carbonyl (C=O) groups is 3. The summed E-state index contributed by atoms with van der Waals surface area (Å²) in [5.41, 5.74) is 0.525. The Bertz CT molecular complexity index is 2040. The van der Waals surface area contributed by atoms with E-state index in [1.165, 1.54) is 12.1 Å². The molecule has 5 aromatic rings. The predicted octanol–water partition coefficient (Wildman–Crippen LogP) is 5.84. The third-order valence-electron chi connectivity index (χ3n) is 8.13. The Kier molecular flexibility index (Phi) is 10.6. The van der Waals surface area contributed by atoms with Gasteiger partial charge in [-0.1, -0.05) is 86.6 Å². The van der Waals surface area contributed by atoms with E-state index in [4.69, 9.17) is 9.15 Å². The first kappa shape index (κ1) is 35.3. The number of nitrogens with one attached hydrogen (secondary N) is 2. The van der Waals surface area contributed by atoms with E-state index in [0.717, 1.165) is 10.1 Å². The molecule has 0 spiro atoms. The summed E-state index contributed by atoms with van der Waals surface area (Å²) in [6, 6.07) is 22.6. The molecule has 0 fully saturated rings. The summed E-state index contributed by atoms with van der Waals surface area (Å²) < 4.78 is 25.7. The fraction of sp³-hybridized carbons (Fsp3) is 0.270. The second-order valence-electron chi connectivity index (χ2n) is 12.5. The number of benzene rings is 3. The second-order valence-corrected chi connectivity index (χ2v) is 12.5. The number of rotatable bonds is 12. The molecule has 0 aliphatic heterocycles. The molecule has 2 N–H and O–H groups in total. The third kappa shape index (κ3) is 8.00. The predicted molar refractivity (Wildman–Crippen MR) is 183 cm³/mol. The summed E-state index contributed by atoms with van der Waals surface area (Å²) in [4.78, 5) is 58.4. The number of Topliss-reactive ketones (excluding diaryl/α,β-unsaturated/α-hetero) is 1. The Morgan fingerprint density at radius 1 is 0.940 bits per heavy atom. The number of halogens is 1. The van der Waals surface area contributed by atoms with Crippen LogP contribution in [0.1, 0.15) is 61.1 Å². The SMILES string of the molecule is Cc1nc(-c2ccccc2)n(CC(=O)N[C@H](C(=O)c2nnc(C(C)(C)c3ccc(F)cc3)o2)C(C)C)c(=O)c1NC(=O)OCc1ccccc1. The molecule has 258 valence electrons. The van der Waals surface area contributed by atoms with Crippen LogP contribution in [-0.2, 0) is 28.1 Å². The third-order valence-corrected chi connectivity index (χ3v) is 8.13. The molecule has 0 aliphatic rings. The molecular formula is C37H37FN6O6. The van der Waals surface area contributed by atoms with Crippen LogP contribution in [0, 0.1) is 18.7 Å². The maximum Gasteiger partial charge on any atom is 0.412 e. The van der Waals surface area contributed by atoms with E-state index in [1.807, 2.05) is 18.2 Å². The zero-order chi connectivity index (χ0) is 36.0. The van der Waals surface area contributed by atoms with E-state index < -0.39 is 53.1 Å². The summed E-state index contributed by atoms with van der Waals surface area (Å²) in [5.74, 6) is -2.10. The van der Waals surface area contributed by atoms with Crippen molar-refractivity contribution in [3.05, 3.63) is 130 Å². The van der Waals surface area contributed by atoms with E-state index in [9.17, 15) is 23.6 Å². The summed E-state index contributed by atoms with van der Waals surface area (Å²) in [7, 11) is 0. The summed E-state index contributed by atoms with van der Waals surface area (Å²) >= 11 is 0. The Balaban J connectivity index is 1.38. The van der Waals surface area contributed by atoms with E-state index in [0.29, 0.717) is 11.1 Å². The van der Waals surface area contributed by atoms with Gasteiger partial charge in [-0.2, -0.15) is 0 Å². The largest absolute Gasteiger partial charge is 0.444 e. The first-order valence-corrected chi connectivity index (χ1v) is 15.9. The maximum absolute atomic E-state index is 13.9. The first-order valence-electron chi connectivity index (χ1n) is 15.9. The van der Waals surface area contributed by atoms with Gasteiger partial charge < -0.3 is 14.5 Å². The molecule has 3 aromatic carbocycles. The van der Waals surface area contributed by atoms with Crippen LogP contribution < -0.4 is 16.2 Å². The minimum Gasteiger partial charge on any atom is -0.444 e. The first-order chi connectivity index (χ1) is 23.8. The molecule has 5 rings (SSSR count).